The molecule has 3 aromatic rings. The molecule has 242 valence electrons. The third kappa shape index (κ3) is 9.76. The van der Waals surface area contributed by atoms with Crippen LogP contribution in [0.4, 0.5) is 0 Å². The van der Waals surface area contributed by atoms with Gasteiger partial charge in [-0.25, -0.2) is 9.59 Å². The second-order valence-corrected chi connectivity index (χ2v) is 11.4. The Hall–Kier alpha value is -4.99. The van der Waals surface area contributed by atoms with E-state index in [1.807, 2.05) is 91.0 Å². The zero-order valence-electron chi connectivity index (χ0n) is 26.1. The van der Waals surface area contributed by atoms with Gasteiger partial charge in [0.2, 0.25) is 11.8 Å². The van der Waals surface area contributed by atoms with Gasteiger partial charge >= 0.3 is 17.9 Å². The topological polar surface area (TPSA) is 137 Å². The molecule has 0 unspecified atom stereocenters. The summed E-state index contributed by atoms with van der Waals surface area (Å²) in [5.41, 5.74) is 2.46. The highest BCUT2D eigenvalue weighted by Crippen LogP contribution is 2.35. The number of amides is 2. The maximum Gasteiger partial charge on any atom is 0.328 e. The van der Waals surface area contributed by atoms with Crippen molar-refractivity contribution >= 4 is 29.7 Å². The summed E-state index contributed by atoms with van der Waals surface area (Å²) in [6.07, 6.45) is 0.788. The Labute approximate surface area is 268 Å². The zero-order valence-corrected chi connectivity index (χ0v) is 26.1. The Morgan fingerprint density at radius 2 is 0.957 bits per heavy atom. The SMILES string of the molecule is COC(=O)[C@H](Cc1ccccc1)NC(=O)[C@@H]1C[C@H](C(=O)N[C@@H](Cc2ccccc2)C(=O)OC)C[C@H](C(=O)OCc2ccccc2)C1. The molecule has 3 aromatic carbocycles. The van der Waals surface area contributed by atoms with E-state index in [1.54, 1.807) is 0 Å². The van der Waals surface area contributed by atoms with Crippen LogP contribution in [0.25, 0.3) is 0 Å². The summed E-state index contributed by atoms with van der Waals surface area (Å²) in [5.74, 6) is -5.02. The molecule has 4 rings (SSSR count). The predicted octanol–water partition coefficient (Wildman–Crippen LogP) is 3.56. The maximum absolute atomic E-state index is 13.7. The molecule has 0 radical (unpaired) electrons. The van der Waals surface area contributed by atoms with E-state index in [0.29, 0.717) is 0 Å². The number of hydrogen-bond donors (Lipinski definition) is 2. The van der Waals surface area contributed by atoms with Crippen molar-refractivity contribution in [2.45, 2.75) is 50.8 Å². The number of esters is 3. The summed E-state index contributed by atoms with van der Waals surface area (Å²) in [5, 5.41) is 5.58. The molecule has 5 atom stereocenters. The quantitative estimate of drug-likeness (QED) is 0.217. The number of nitrogens with one attached hydrogen (secondary N) is 2. The third-order valence-corrected chi connectivity index (χ3v) is 8.18. The molecule has 1 aliphatic carbocycles. The Balaban J connectivity index is 1.52. The molecule has 0 heterocycles. The summed E-state index contributed by atoms with van der Waals surface area (Å²) >= 11 is 0. The van der Waals surface area contributed by atoms with Gasteiger partial charge in [0.25, 0.3) is 0 Å². The smallest absolute Gasteiger partial charge is 0.328 e. The number of carbonyl (C=O) groups excluding carboxylic acids is 5. The molecule has 0 bridgehead atoms. The van der Waals surface area contributed by atoms with Crippen LogP contribution in [0.3, 0.4) is 0 Å². The van der Waals surface area contributed by atoms with E-state index in [9.17, 15) is 24.0 Å². The number of benzene rings is 3. The first-order valence-corrected chi connectivity index (χ1v) is 15.3. The monoisotopic (exact) mass is 628 g/mol. The van der Waals surface area contributed by atoms with E-state index in [0.717, 1.165) is 16.7 Å². The van der Waals surface area contributed by atoms with Crippen LogP contribution < -0.4 is 10.6 Å². The van der Waals surface area contributed by atoms with Gasteiger partial charge in [-0.15, -0.1) is 0 Å². The molecule has 10 heteroatoms. The predicted molar refractivity (Wildman–Crippen MR) is 169 cm³/mol. The molecule has 10 nitrogen and oxygen atoms in total. The molecule has 2 N–H and O–H groups in total. The van der Waals surface area contributed by atoms with E-state index >= 15 is 0 Å². The number of rotatable bonds is 13. The fourth-order valence-electron chi connectivity index (χ4n) is 5.74. The van der Waals surface area contributed by atoms with Gasteiger partial charge in [-0.2, -0.15) is 0 Å². The third-order valence-electron chi connectivity index (χ3n) is 8.18. The highest BCUT2D eigenvalue weighted by Gasteiger charge is 2.41. The lowest BCUT2D eigenvalue weighted by Gasteiger charge is -2.33. The highest BCUT2D eigenvalue weighted by molar-refractivity contribution is 5.89. The Kier molecular flexibility index (Phi) is 12.5. The number of methoxy groups -OCH3 is 2. The lowest BCUT2D eigenvalue weighted by molar-refractivity contribution is -0.155. The first-order chi connectivity index (χ1) is 22.3. The van der Waals surface area contributed by atoms with Crippen LogP contribution in [-0.2, 0) is 57.6 Å². The van der Waals surface area contributed by atoms with Gasteiger partial charge in [-0.1, -0.05) is 91.0 Å². The lowest BCUT2D eigenvalue weighted by atomic mass is 9.74. The van der Waals surface area contributed by atoms with Crippen LogP contribution in [0.2, 0.25) is 0 Å². The summed E-state index contributed by atoms with van der Waals surface area (Å²) < 4.78 is 15.5. The average molecular weight is 629 g/mol. The first-order valence-electron chi connectivity index (χ1n) is 15.3. The molecule has 0 aromatic heterocycles. The van der Waals surface area contributed by atoms with Gasteiger partial charge in [0.15, 0.2) is 0 Å². The van der Waals surface area contributed by atoms with Crippen molar-refractivity contribution in [2.24, 2.45) is 17.8 Å². The van der Waals surface area contributed by atoms with Gasteiger partial charge in [0.05, 0.1) is 20.1 Å². The van der Waals surface area contributed by atoms with Crippen LogP contribution in [0, 0.1) is 17.8 Å². The van der Waals surface area contributed by atoms with Gasteiger partial charge < -0.3 is 24.8 Å². The molecular formula is C36H40N2O8. The van der Waals surface area contributed by atoms with Crippen LogP contribution in [0.15, 0.2) is 91.0 Å². The van der Waals surface area contributed by atoms with Crippen LogP contribution in [0.1, 0.15) is 36.0 Å². The fraction of sp³-hybridized carbons (Fsp3) is 0.361. The minimum atomic E-state index is -0.966. The van der Waals surface area contributed by atoms with Crippen molar-refractivity contribution in [2.75, 3.05) is 14.2 Å². The molecule has 0 spiro atoms. The second-order valence-electron chi connectivity index (χ2n) is 11.4. The molecule has 1 aliphatic rings. The van der Waals surface area contributed by atoms with E-state index < -0.39 is 59.6 Å². The molecule has 2 amide bonds. The normalized spacial score (nSPS) is 18.7. The van der Waals surface area contributed by atoms with Crippen molar-refractivity contribution in [3.05, 3.63) is 108 Å². The van der Waals surface area contributed by atoms with Crippen molar-refractivity contribution in [3.8, 4) is 0 Å². The molecule has 0 aliphatic heterocycles. The first kappa shape index (κ1) is 33.9. The Morgan fingerprint density at radius 1 is 0.587 bits per heavy atom. The van der Waals surface area contributed by atoms with Gasteiger partial charge in [0.1, 0.15) is 18.7 Å². The van der Waals surface area contributed by atoms with Crippen molar-refractivity contribution < 1.29 is 38.2 Å². The standard InChI is InChI=1S/C36H40N2O8/c1-44-35(42)30(18-24-12-6-3-7-13-24)37-32(39)27-20-28(22-29(21-27)34(41)46-23-26-16-10-5-11-17-26)33(40)38-31(36(43)45-2)19-25-14-8-4-9-15-25/h3-17,27-31H,18-23H2,1-2H3,(H,37,39)(H,38,40)/t27-,28+,29-,30-,31-/m0/s1. The van der Waals surface area contributed by atoms with E-state index in [4.69, 9.17) is 14.2 Å². The average Bonchev–Trinajstić information content (AvgIpc) is 3.10. The molecular weight excluding hydrogens is 588 g/mol. The van der Waals surface area contributed by atoms with E-state index in [-0.39, 0.29) is 38.7 Å². The molecule has 0 saturated heterocycles. The van der Waals surface area contributed by atoms with E-state index in [1.165, 1.54) is 14.2 Å². The largest absolute Gasteiger partial charge is 0.467 e. The maximum atomic E-state index is 13.7. The van der Waals surface area contributed by atoms with Crippen LogP contribution in [0.5, 0.6) is 0 Å². The zero-order chi connectivity index (χ0) is 32.9. The molecule has 1 fully saturated rings. The van der Waals surface area contributed by atoms with Crippen molar-refractivity contribution in [1.29, 1.82) is 0 Å². The van der Waals surface area contributed by atoms with Crippen LogP contribution in [-0.4, -0.2) is 56.0 Å². The number of hydrogen-bond acceptors (Lipinski definition) is 8. The number of carbonyl (C=O) groups is 5. The summed E-state index contributed by atoms with van der Waals surface area (Å²) in [6.45, 7) is 0.0485. The highest BCUT2D eigenvalue weighted by atomic mass is 16.5. The lowest BCUT2D eigenvalue weighted by Crippen LogP contribution is -2.50. The van der Waals surface area contributed by atoms with E-state index in [2.05, 4.69) is 10.6 Å². The molecule has 46 heavy (non-hydrogen) atoms. The minimum absolute atomic E-state index is 0.0485. The van der Waals surface area contributed by atoms with Crippen molar-refractivity contribution in [1.82, 2.24) is 10.6 Å². The van der Waals surface area contributed by atoms with Gasteiger partial charge in [0, 0.05) is 24.7 Å². The van der Waals surface area contributed by atoms with Crippen LogP contribution >= 0.6 is 0 Å². The summed E-state index contributed by atoms with van der Waals surface area (Å²) in [7, 11) is 2.50. The Morgan fingerprint density at radius 3 is 1.35 bits per heavy atom. The fourth-order valence-corrected chi connectivity index (χ4v) is 5.74. The second kappa shape index (κ2) is 16.9. The molecule has 1 saturated carbocycles. The number of ether oxygens (including phenoxy) is 3. The van der Waals surface area contributed by atoms with Crippen molar-refractivity contribution in [3.63, 3.8) is 0 Å². The summed E-state index contributed by atoms with van der Waals surface area (Å²) in [4.78, 5) is 66.0. The minimum Gasteiger partial charge on any atom is -0.467 e. The van der Waals surface area contributed by atoms with Gasteiger partial charge in [-0.05, 0) is 36.0 Å². The van der Waals surface area contributed by atoms with Gasteiger partial charge in [-0.3, -0.25) is 14.4 Å². The Bertz CT molecular complexity index is 1380. The summed E-state index contributed by atoms with van der Waals surface area (Å²) in [6, 6.07) is 25.7.